The lowest BCUT2D eigenvalue weighted by atomic mass is 9.81. The van der Waals surface area contributed by atoms with E-state index in [0.29, 0.717) is 0 Å². The normalized spacial score (nSPS) is 18.1. The van der Waals surface area contributed by atoms with E-state index in [1.165, 1.54) is 37.7 Å². The van der Waals surface area contributed by atoms with Crippen LogP contribution >= 0.6 is 0 Å². The van der Waals surface area contributed by atoms with E-state index in [9.17, 15) is 0 Å². The Balaban J connectivity index is 2.07. The molecule has 0 spiro atoms. The van der Waals surface area contributed by atoms with Crippen LogP contribution in [0.2, 0.25) is 0 Å². The summed E-state index contributed by atoms with van der Waals surface area (Å²) in [6.07, 6.45) is 6.82. The third-order valence-electron chi connectivity index (χ3n) is 3.16. The minimum absolute atomic E-state index is 0.761. The van der Waals surface area contributed by atoms with Crippen molar-refractivity contribution in [2.75, 3.05) is 0 Å². The molecule has 1 N–H and O–H groups in total. The van der Waals surface area contributed by atoms with E-state index in [4.69, 9.17) is 5.02 Å². The van der Waals surface area contributed by atoms with Gasteiger partial charge in [0, 0.05) is 0 Å². The van der Waals surface area contributed by atoms with Crippen LogP contribution in [-0.4, -0.2) is 12.5 Å². The lowest BCUT2D eigenvalue weighted by Gasteiger charge is -2.21. The van der Waals surface area contributed by atoms with E-state index in [0.717, 1.165) is 18.9 Å². The first-order valence-electron chi connectivity index (χ1n) is 5.47. The molecule has 2 heteroatoms. The molecule has 0 unspecified atom stereocenters. The topological polar surface area (TPSA) is 20.2 Å². The maximum atomic E-state index is 8.81. The molecule has 0 saturated heterocycles. The molecule has 1 aliphatic carbocycles. The van der Waals surface area contributed by atoms with Crippen LogP contribution in [0.4, 0.5) is 0 Å². The molecule has 1 nitrogen and oxygen atoms in total. The van der Waals surface area contributed by atoms with Gasteiger partial charge in [-0.2, -0.15) is 0 Å². The molecule has 2 rings (SSSR count). The molecule has 0 atom stereocenters. The summed E-state index contributed by atoms with van der Waals surface area (Å²) in [4.78, 5) is 0. The number of rotatable bonds is 2. The highest BCUT2D eigenvalue weighted by atomic mass is 16.2. The Morgan fingerprint density at radius 3 is 2.21 bits per heavy atom. The lowest BCUT2D eigenvalue weighted by Crippen LogP contribution is -2.13. The van der Waals surface area contributed by atoms with Crippen molar-refractivity contribution in [2.45, 2.75) is 38.0 Å². The molecule has 0 aliphatic heterocycles. The molecule has 14 heavy (non-hydrogen) atoms. The van der Waals surface area contributed by atoms with Crippen molar-refractivity contribution in [2.24, 2.45) is 0 Å². The van der Waals surface area contributed by atoms with Crippen molar-refractivity contribution >= 4 is 12.9 Å². The van der Waals surface area contributed by atoms with Gasteiger partial charge in [-0.1, -0.05) is 49.0 Å². The van der Waals surface area contributed by atoms with Gasteiger partial charge in [-0.3, -0.25) is 0 Å². The SMILES string of the molecule is O[B]c1ccc(C2CCCCC2)cc1. The molecule has 0 amide bonds. The van der Waals surface area contributed by atoms with Gasteiger partial charge < -0.3 is 5.02 Å². The molecule has 1 fully saturated rings. The van der Waals surface area contributed by atoms with Crippen LogP contribution in [0.5, 0.6) is 0 Å². The van der Waals surface area contributed by atoms with Gasteiger partial charge >= 0.3 is 7.48 Å². The number of hydrogen-bond donors (Lipinski definition) is 1. The van der Waals surface area contributed by atoms with Crippen molar-refractivity contribution < 1.29 is 5.02 Å². The third kappa shape index (κ3) is 2.18. The average Bonchev–Trinajstić information content (AvgIpc) is 2.30. The summed E-state index contributed by atoms with van der Waals surface area (Å²) >= 11 is 0. The first-order chi connectivity index (χ1) is 6.90. The second kappa shape index (κ2) is 4.65. The Hall–Kier alpha value is -0.755. The first-order valence-corrected chi connectivity index (χ1v) is 5.47. The molecule has 0 aromatic heterocycles. The van der Waals surface area contributed by atoms with E-state index >= 15 is 0 Å². The van der Waals surface area contributed by atoms with Gasteiger partial charge in [0.1, 0.15) is 0 Å². The largest absolute Gasteiger partial charge is 0.450 e. The van der Waals surface area contributed by atoms with Crippen molar-refractivity contribution in [3.05, 3.63) is 29.8 Å². The molecule has 0 bridgehead atoms. The summed E-state index contributed by atoms with van der Waals surface area (Å²) in [5.74, 6) is 0.761. The Morgan fingerprint density at radius 1 is 1.00 bits per heavy atom. The van der Waals surface area contributed by atoms with Gasteiger partial charge in [-0.05, 0) is 24.3 Å². The first kappa shape index (κ1) is 9.79. The molecular formula is C12H16BO. The van der Waals surface area contributed by atoms with Crippen LogP contribution in [0.1, 0.15) is 43.6 Å². The number of benzene rings is 1. The van der Waals surface area contributed by atoms with Gasteiger partial charge in [-0.15, -0.1) is 0 Å². The Kier molecular flexibility index (Phi) is 3.25. The fourth-order valence-electron chi connectivity index (χ4n) is 2.29. The minimum atomic E-state index is 0.761. The monoisotopic (exact) mass is 187 g/mol. The van der Waals surface area contributed by atoms with Gasteiger partial charge in [0.25, 0.3) is 0 Å². The zero-order valence-electron chi connectivity index (χ0n) is 8.45. The smallest absolute Gasteiger partial charge is 0.326 e. The molecule has 1 radical (unpaired) electrons. The summed E-state index contributed by atoms with van der Waals surface area (Å²) in [6, 6.07) is 8.28. The minimum Gasteiger partial charge on any atom is -0.450 e. The van der Waals surface area contributed by atoms with E-state index in [1.54, 1.807) is 0 Å². The van der Waals surface area contributed by atoms with Crippen LogP contribution in [0.15, 0.2) is 24.3 Å². The van der Waals surface area contributed by atoms with E-state index in [2.05, 4.69) is 12.1 Å². The van der Waals surface area contributed by atoms with Crippen LogP contribution in [0.3, 0.4) is 0 Å². The predicted molar refractivity (Wildman–Crippen MR) is 59.9 cm³/mol. The summed E-state index contributed by atoms with van der Waals surface area (Å²) in [5.41, 5.74) is 2.33. The molecule has 1 aromatic carbocycles. The Morgan fingerprint density at radius 2 is 1.64 bits per heavy atom. The van der Waals surface area contributed by atoms with E-state index in [1.807, 2.05) is 12.1 Å². The Labute approximate surface area is 86.4 Å². The van der Waals surface area contributed by atoms with E-state index in [-0.39, 0.29) is 0 Å². The predicted octanol–water partition coefficient (Wildman–Crippen LogP) is 1.97. The van der Waals surface area contributed by atoms with Crippen molar-refractivity contribution in [3.8, 4) is 0 Å². The van der Waals surface area contributed by atoms with Crippen LogP contribution in [-0.2, 0) is 0 Å². The summed E-state index contributed by atoms with van der Waals surface area (Å²) in [5, 5.41) is 8.81. The lowest BCUT2D eigenvalue weighted by molar-refractivity contribution is 0.443. The van der Waals surface area contributed by atoms with Crippen molar-refractivity contribution in [1.82, 2.24) is 0 Å². The van der Waals surface area contributed by atoms with Crippen molar-refractivity contribution in [1.29, 1.82) is 0 Å². The maximum absolute atomic E-state index is 8.81. The molecule has 0 heterocycles. The molecule has 1 saturated carbocycles. The summed E-state index contributed by atoms with van der Waals surface area (Å²) < 4.78 is 0. The zero-order chi connectivity index (χ0) is 9.80. The zero-order valence-corrected chi connectivity index (χ0v) is 8.45. The van der Waals surface area contributed by atoms with Crippen molar-refractivity contribution in [3.63, 3.8) is 0 Å². The highest BCUT2D eigenvalue weighted by Crippen LogP contribution is 2.31. The van der Waals surface area contributed by atoms with Gasteiger partial charge in [0.15, 0.2) is 0 Å². The second-order valence-electron chi connectivity index (χ2n) is 4.13. The average molecular weight is 187 g/mol. The van der Waals surface area contributed by atoms with Gasteiger partial charge in [0.2, 0.25) is 0 Å². The second-order valence-corrected chi connectivity index (χ2v) is 4.13. The quantitative estimate of drug-likeness (QED) is 0.701. The maximum Gasteiger partial charge on any atom is 0.326 e. The van der Waals surface area contributed by atoms with Crippen LogP contribution in [0, 0.1) is 0 Å². The van der Waals surface area contributed by atoms with Gasteiger partial charge in [-0.25, -0.2) is 0 Å². The molecule has 73 valence electrons. The Bertz CT molecular complexity index is 275. The summed E-state index contributed by atoms with van der Waals surface area (Å²) in [6.45, 7) is 0. The molecule has 1 aliphatic rings. The van der Waals surface area contributed by atoms with E-state index < -0.39 is 0 Å². The molecular weight excluding hydrogens is 171 g/mol. The molecule has 1 aromatic rings. The standard InChI is InChI=1S/C12H16BO/c14-13-12-8-6-11(7-9-12)10-4-2-1-3-5-10/h6-10,14H,1-5H2. The van der Waals surface area contributed by atoms with Crippen LogP contribution in [0.25, 0.3) is 0 Å². The fraction of sp³-hybridized carbons (Fsp3) is 0.500. The van der Waals surface area contributed by atoms with Crippen LogP contribution < -0.4 is 5.46 Å². The third-order valence-corrected chi connectivity index (χ3v) is 3.16. The fourth-order valence-corrected chi connectivity index (χ4v) is 2.29. The highest BCUT2D eigenvalue weighted by molar-refractivity contribution is 6.45. The number of hydrogen-bond acceptors (Lipinski definition) is 1. The highest BCUT2D eigenvalue weighted by Gasteiger charge is 2.14. The summed E-state index contributed by atoms with van der Waals surface area (Å²) in [7, 11) is 1.16. The van der Waals surface area contributed by atoms with Gasteiger partial charge in [0.05, 0.1) is 0 Å².